The minimum absolute atomic E-state index is 0. The molecule has 0 radical (unpaired) electrons. The lowest BCUT2D eigenvalue weighted by Gasteiger charge is -2.08. The first kappa shape index (κ1) is 14.7. The lowest BCUT2D eigenvalue weighted by molar-refractivity contribution is 0.572. The monoisotopic (exact) mass is 286 g/mol. The van der Waals surface area contributed by atoms with Crippen LogP contribution in [0.3, 0.4) is 0 Å². The third kappa shape index (κ3) is 2.89. The van der Waals surface area contributed by atoms with Gasteiger partial charge in [-0.25, -0.2) is 12.8 Å². The van der Waals surface area contributed by atoms with Crippen LogP contribution in [0.15, 0.2) is 53.4 Å². The number of rotatable bonds is 2. The van der Waals surface area contributed by atoms with E-state index >= 15 is 0 Å². The Hall–Kier alpha value is -1.39. The summed E-state index contributed by atoms with van der Waals surface area (Å²) in [5.74, 6) is -0.714. The predicted octanol–water partition coefficient (Wildman–Crippen LogP) is 3.32. The van der Waals surface area contributed by atoms with Crippen LogP contribution in [0.5, 0.6) is 0 Å². The van der Waals surface area contributed by atoms with E-state index in [1.165, 1.54) is 6.07 Å². The molecule has 0 bridgehead atoms. The van der Waals surface area contributed by atoms with Crippen LogP contribution in [-0.2, 0) is 9.84 Å². The van der Waals surface area contributed by atoms with E-state index in [0.29, 0.717) is 11.1 Å². The Morgan fingerprint density at radius 2 is 1.56 bits per heavy atom. The van der Waals surface area contributed by atoms with Crippen LogP contribution < -0.4 is 0 Å². The highest BCUT2D eigenvalue weighted by molar-refractivity contribution is 7.90. The fourth-order valence-corrected chi connectivity index (χ4v) is 2.74. The molecule has 0 saturated heterocycles. The van der Waals surface area contributed by atoms with Gasteiger partial charge >= 0.3 is 0 Å². The Balaban J connectivity index is 0.00000162. The fourth-order valence-electron chi connectivity index (χ4n) is 1.73. The van der Waals surface area contributed by atoms with E-state index < -0.39 is 15.7 Å². The zero-order valence-corrected chi connectivity index (χ0v) is 11.3. The first-order chi connectivity index (χ1) is 8.00. The van der Waals surface area contributed by atoms with E-state index in [1.54, 1.807) is 30.3 Å². The van der Waals surface area contributed by atoms with Gasteiger partial charge in [-0.3, -0.25) is 0 Å². The molecule has 0 N–H and O–H groups in total. The minimum atomic E-state index is -3.59. The van der Waals surface area contributed by atoms with Gasteiger partial charge in [-0.05, 0) is 11.6 Å². The van der Waals surface area contributed by atoms with Crippen molar-refractivity contribution >= 4 is 22.2 Å². The molecule has 0 aliphatic carbocycles. The van der Waals surface area contributed by atoms with Crippen molar-refractivity contribution in [2.45, 2.75) is 4.90 Å². The Bertz CT molecular complexity index is 639. The number of benzene rings is 2. The van der Waals surface area contributed by atoms with E-state index in [0.717, 1.165) is 12.3 Å². The summed E-state index contributed by atoms with van der Waals surface area (Å²) in [7, 11) is -3.59. The van der Waals surface area contributed by atoms with E-state index in [2.05, 4.69) is 0 Å². The molecule has 0 fully saturated rings. The summed E-state index contributed by atoms with van der Waals surface area (Å²) < 4.78 is 36.9. The average Bonchev–Trinajstić information content (AvgIpc) is 2.28. The maximum atomic E-state index is 13.7. The van der Waals surface area contributed by atoms with Gasteiger partial charge in [-0.15, -0.1) is 12.4 Å². The molecule has 2 rings (SSSR count). The van der Waals surface area contributed by atoms with Gasteiger partial charge in [0.15, 0.2) is 9.84 Å². The number of hydrogen-bond acceptors (Lipinski definition) is 2. The first-order valence-corrected chi connectivity index (χ1v) is 6.93. The lowest BCUT2D eigenvalue weighted by atomic mass is 10.1. The van der Waals surface area contributed by atoms with Gasteiger partial charge in [0.2, 0.25) is 0 Å². The molecule has 0 aliphatic heterocycles. The van der Waals surface area contributed by atoms with E-state index in [9.17, 15) is 12.8 Å². The lowest BCUT2D eigenvalue weighted by Crippen LogP contribution is -2.03. The molecule has 2 nitrogen and oxygen atoms in total. The molecule has 0 atom stereocenters. The molecule has 2 aromatic rings. The summed E-state index contributed by atoms with van der Waals surface area (Å²) in [6.45, 7) is 0. The molecule has 0 spiro atoms. The van der Waals surface area contributed by atoms with Crippen LogP contribution >= 0.6 is 12.4 Å². The van der Waals surface area contributed by atoms with Crippen LogP contribution in [0.1, 0.15) is 0 Å². The molecule has 0 aliphatic rings. The Kier molecular flexibility index (Phi) is 4.48. The van der Waals surface area contributed by atoms with Gasteiger partial charge in [-0.1, -0.05) is 42.5 Å². The summed E-state index contributed by atoms with van der Waals surface area (Å²) in [6, 6.07) is 13.2. The van der Waals surface area contributed by atoms with Crippen LogP contribution in [-0.4, -0.2) is 14.7 Å². The SMILES string of the molecule is CS(=O)(=O)c1c(F)cccc1-c1ccccc1.Cl. The van der Waals surface area contributed by atoms with Crippen LogP contribution in [0.4, 0.5) is 4.39 Å². The first-order valence-electron chi connectivity index (χ1n) is 5.04. The Morgan fingerprint density at radius 3 is 2.11 bits per heavy atom. The van der Waals surface area contributed by atoms with E-state index in [-0.39, 0.29) is 17.3 Å². The van der Waals surface area contributed by atoms with E-state index in [1.807, 2.05) is 6.07 Å². The maximum Gasteiger partial charge on any atom is 0.179 e. The fraction of sp³-hybridized carbons (Fsp3) is 0.0769. The Labute approximate surface area is 112 Å². The molecule has 0 saturated carbocycles. The standard InChI is InChI=1S/C13H11FO2S.ClH/c1-17(15,16)13-11(8-5-9-12(13)14)10-6-3-2-4-7-10;/h2-9H,1H3;1H. The molecule has 18 heavy (non-hydrogen) atoms. The number of hydrogen-bond donors (Lipinski definition) is 0. The number of sulfone groups is 1. The quantitative estimate of drug-likeness (QED) is 0.849. The molecule has 2 aromatic carbocycles. The zero-order valence-electron chi connectivity index (χ0n) is 9.63. The largest absolute Gasteiger partial charge is 0.224 e. The summed E-state index contributed by atoms with van der Waals surface area (Å²) >= 11 is 0. The second-order valence-corrected chi connectivity index (χ2v) is 5.71. The van der Waals surface area contributed by atoms with Crippen molar-refractivity contribution < 1.29 is 12.8 Å². The topological polar surface area (TPSA) is 34.1 Å². The highest BCUT2D eigenvalue weighted by atomic mass is 35.5. The van der Waals surface area contributed by atoms with Crippen molar-refractivity contribution in [2.75, 3.05) is 6.26 Å². The van der Waals surface area contributed by atoms with Gasteiger partial charge in [0, 0.05) is 11.8 Å². The van der Waals surface area contributed by atoms with Crippen molar-refractivity contribution in [1.82, 2.24) is 0 Å². The molecule has 0 heterocycles. The molecule has 0 amide bonds. The van der Waals surface area contributed by atoms with Crippen LogP contribution in [0, 0.1) is 5.82 Å². The van der Waals surface area contributed by atoms with Crippen molar-refractivity contribution in [3.05, 3.63) is 54.3 Å². The highest BCUT2D eigenvalue weighted by Crippen LogP contribution is 2.29. The van der Waals surface area contributed by atoms with Crippen molar-refractivity contribution in [1.29, 1.82) is 0 Å². The zero-order chi connectivity index (χ0) is 12.5. The van der Waals surface area contributed by atoms with Gasteiger partial charge in [0.05, 0.1) is 0 Å². The van der Waals surface area contributed by atoms with Gasteiger partial charge in [-0.2, -0.15) is 0 Å². The van der Waals surface area contributed by atoms with Gasteiger partial charge in [0.25, 0.3) is 0 Å². The molecular weight excluding hydrogens is 275 g/mol. The maximum absolute atomic E-state index is 13.7. The Morgan fingerprint density at radius 1 is 0.944 bits per heavy atom. The van der Waals surface area contributed by atoms with E-state index in [4.69, 9.17) is 0 Å². The van der Waals surface area contributed by atoms with Crippen LogP contribution in [0.2, 0.25) is 0 Å². The van der Waals surface area contributed by atoms with Crippen molar-refractivity contribution in [3.8, 4) is 11.1 Å². The van der Waals surface area contributed by atoms with Crippen molar-refractivity contribution in [2.24, 2.45) is 0 Å². The predicted molar refractivity (Wildman–Crippen MR) is 72.2 cm³/mol. The number of halogens is 2. The third-order valence-corrected chi connectivity index (χ3v) is 3.58. The van der Waals surface area contributed by atoms with Gasteiger partial charge in [0.1, 0.15) is 10.7 Å². The van der Waals surface area contributed by atoms with Crippen molar-refractivity contribution in [3.63, 3.8) is 0 Å². The highest BCUT2D eigenvalue weighted by Gasteiger charge is 2.19. The summed E-state index contributed by atoms with van der Waals surface area (Å²) in [5.41, 5.74) is 1.08. The summed E-state index contributed by atoms with van der Waals surface area (Å²) in [5, 5.41) is 0. The normalized spacial score (nSPS) is 10.8. The molecule has 96 valence electrons. The molecule has 0 unspecified atom stereocenters. The average molecular weight is 287 g/mol. The second kappa shape index (κ2) is 5.50. The smallest absolute Gasteiger partial charge is 0.179 e. The summed E-state index contributed by atoms with van der Waals surface area (Å²) in [4.78, 5) is -0.244. The second-order valence-electron chi connectivity index (χ2n) is 3.75. The molecular formula is C13H12ClFO2S. The van der Waals surface area contributed by atoms with Gasteiger partial charge < -0.3 is 0 Å². The summed E-state index contributed by atoms with van der Waals surface area (Å²) in [6.07, 6.45) is 1.01. The van der Waals surface area contributed by atoms with Crippen LogP contribution in [0.25, 0.3) is 11.1 Å². The molecule has 0 aromatic heterocycles. The minimum Gasteiger partial charge on any atom is -0.224 e. The molecule has 5 heteroatoms. The third-order valence-electron chi connectivity index (χ3n) is 2.42.